The summed E-state index contributed by atoms with van der Waals surface area (Å²) >= 11 is 0. The minimum atomic E-state index is -0.671. The number of anilines is 1. The van der Waals surface area contributed by atoms with Gasteiger partial charge in [-0.1, -0.05) is 37.3 Å². The average molecular weight is 355 g/mol. The van der Waals surface area contributed by atoms with Crippen LogP contribution in [-0.2, 0) is 5.41 Å². The molecule has 1 aliphatic heterocycles. The molecule has 6 heteroatoms. The highest BCUT2D eigenvalue weighted by molar-refractivity contribution is 5.96. The van der Waals surface area contributed by atoms with Crippen LogP contribution in [0.1, 0.15) is 35.7 Å². The third-order valence-corrected chi connectivity index (χ3v) is 4.95. The first-order chi connectivity index (χ1) is 12.4. The number of rotatable bonds is 3. The lowest BCUT2D eigenvalue weighted by molar-refractivity contribution is 0.1000. The molecule has 1 saturated heterocycles. The highest BCUT2D eigenvalue weighted by atomic mass is 19.1. The van der Waals surface area contributed by atoms with Crippen LogP contribution >= 0.6 is 0 Å². The average Bonchev–Trinajstić information content (AvgIpc) is 2.64. The van der Waals surface area contributed by atoms with Gasteiger partial charge in [-0.15, -0.1) is 0 Å². The molecule has 1 atom stereocenters. The molecule has 2 aromatic carbocycles. The van der Waals surface area contributed by atoms with Crippen molar-refractivity contribution in [3.8, 4) is 0 Å². The molecule has 0 aromatic heterocycles. The zero-order valence-corrected chi connectivity index (χ0v) is 14.7. The Balaban J connectivity index is 1.76. The molecule has 136 valence electrons. The summed E-state index contributed by atoms with van der Waals surface area (Å²) in [4.78, 5) is 25.6. The summed E-state index contributed by atoms with van der Waals surface area (Å²) in [7, 11) is 0. The standard InChI is InChI=1S/C20H22FN3O2/c1-20(15-6-3-2-4-7-15)10-5-11-24(13-20)19(26)23-17-12-14(18(22)25)8-9-16(17)21/h2-4,6-9,12H,5,10-11,13H2,1H3,(H2,22,25)(H,23,26). The maximum absolute atomic E-state index is 14.0. The first-order valence-electron chi connectivity index (χ1n) is 8.60. The lowest BCUT2D eigenvalue weighted by Gasteiger charge is -2.40. The lowest BCUT2D eigenvalue weighted by atomic mass is 9.76. The van der Waals surface area contributed by atoms with Gasteiger partial charge in [0.15, 0.2) is 0 Å². The Labute approximate surface area is 152 Å². The number of hydrogen-bond acceptors (Lipinski definition) is 2. The Morgan fingerprint density at radius 1 is 1.19 bits per heavy atom. The summed E-state index contributed by atoms with van der Waals surface area (Å²) in [5.74, 6) is -1.28. The second-order valence-electron chi connectivity index (χ2n) is 6.94. The van der Waals surface area contributed by atoms with Crippen LogP contribution in [0.2, 0.25) is 0 Å². The van der Waals surface area contributed by atoms with Crippen LogP contribution in [0, 0.1) is 5.82 Å². The van der Waals surface area contributed by atoms with Crippen LogP contribution < -0.4 is 11.1 Å². The molecule has 3 amide bonds. The number of nitrogens with zero attached hydrogens (tertiary/aromatic N) is 1. The Bertz CT molecular complexity index is 825. The zero-order valence-electron chi connectivity index (χ0n) is 14.7. The van der Waals surface area contributed by atoms with Gasteiger partial charge in [-0.2, -0.15) is 0 Å². The maximum atomic E-state index is 14.0. The van der Waals surface area contributed by atoms with Crippen molar-refractivity contribution in [2.75, 3.05) is 18.4 Å². The van der Waals surface area contributed by atoms with Crippen molar-refractivity contribution in [2.45, 2.75) is 25.2 Å². The van der Waals surface area contributed by atoms with E-state index in [4.69, 9.17) is 5.73 Å². The topological polar surface area (TPSA) is 75.4 Å². The molecular weight excluding hydrogens is 333 g/mol. The van der Waals surface area contributed by atoms with Crippen molar-refractivity contribution in [1.82, 2.24) is 4.90 Å². The number of nitrogens with two attached hydrogens (primary N) is 1. The molecular formula is C20H22FN3O2. The Hall–Kier alpha value is -2.89. The Kier molecular flexibility index (Phi) is 4.93. The van der Waals surface area contributed by atoms with Crippen LogP contribution in [0.15, 0.2) is 48.5 Å². The van der Waals surface area contributed by atoms with Gasteiger partial charge in [0.2, 0.25) is 5.91 Å². The molecule has 0 spiro atoms. The van der Waals surface area contributed by atoms with E-state index in [1.165, 1.54) is 17.7 Å². The molecule has 5 nitrogen and oxygen atoms in total. The number of halogens is 1. The predicted molar refractivity (Wildman–Crippen MR) is 98.5 cm³/mol. The second-order valence-corrected chi connectivity index (χ2v) is 6.94. The molecule has 0 aliphatic carbocycles. The minimum Gasteiger partial charge on any atom is -0.366 e. The molecule has 2 aromatic rings. The van der Waals surface area contributed by atoms with E-state index >= 15 is 0 Å². The summed E-state index contributed by atoms with van der Waals surface area (Å²) in [5.41, 5.74) is 6.36. The first-order valence-corrected chi connectivity index (χ1v) is 8.60. The van der Waals surface area contributed by atoms with Gasteiger partial charge in [-0.05, 0) is 36.6 Å². The van der Waals surface area contributed by atoms with E-state index < -0.39 is 11.7 Å². The van der Waals surface area contributed by atoms with E-state index in [0.29, 0.717) is 13.1 Å². The van der Waals surface area contributed by atoms with Crippen molar-refractivity contribution in [3.05, 3.63) is 65.5 Å². The van der Waals surface area contributed by atoms with Crippen molar-refractivity contribution < 1.29 is 14.0 Å². The number of urea groups is 1. The fourth-order valence-electron chi connectivity index (χ4n) is 3.46. The van der Waals surface area contributed by atoms with Gasteiger partial charge in [-0.3, -0.25) is 4.79 Å². The quantitative estimate of drug-likeness (QED) is 0.884. The smallest absolute Gasteiger partial charge is 0.321 e. The monoisotopic (exact) mass is 355 g/mol. The summed E-state index contributed by atoms with van der Waals surface area (Å²) in [6.07, 6.45) is 1.84. The van der Waals surface area contributed by atoms with Crippen molar-refractivity contribution in [2.24, 2.45) is 5.73 Å². The molecule has 0 saturated carbocycles. The van der Waals surface area contributed by atoms with E-state index in [1.807, 2.05) is 18.2 Å². The van der Waals surface area contributed by atoms with Gasteiger partial charge in [0, 0.05) is 24.1 Å². The largest absolute Gasteiger partial charge is 0.366 e. The summed E-state index contributed by atoms with van der Waals surface area (Å²) in [5, 5.41) is 2.57. The number of hydrogen-bond donors (Lipinski definition) is 2. The van der Waals surface area contributed by atoms with E-state index in [2.05, 4.69) is 24.4 Å². The van der Waals surface area contributed by atoms with E-state index in [0.717, 1.165) is 18.9 Å². The Morgan fingerprint density at radius 3 is 2.62 bits per heavy atom. The third-order valence-electron chi connectivity index (χ3n) is 4.95. The van der Waals surface area contributed by atoms with Gasteiger partial charge in [0.1, 0.15) is 5.82 Å². The summed E-state index contributed by atoms with van der Waals surface area (Å²) in [6, 6.07) is 13.4. The summed E-state index contributed by atoms with van der Waals surface area (Å²) < 4.78 is 14.0. The number of carbonyl (C=O) groups excluding carboxylic acids is 2. The fourth-order valence-corrected chi connectivity index (χ4v) is 3.46. The van der Waals surface area contributed by atoms with Gasteiger partial charge in [-0.25, -0.2) is 9.18 Å². The molecule has 0 bridgehead atoms. The van der Waals surface area contributed by atoms with E-state index in [-0.39, 0.29) is 22.7 Å². The Morgan fingerprint density at radius 2 is 1.92 bits per heavy atom. The zero-order chi connectivity index (χ0) is 18.7. The minimum absolute atomic E-state index is 0.0433. The van der Waals surface area contributed by atoms with Gasteiger partial charge in [0.25, 0.3) is 0 Å². The second kappa shape index (κ2) is 7.15. The number of carbonyl (C=O) groups is 2. The molecule has 3 rings (SSSR count). The number of benzene rings is 2. The van der Waals surface area contributed by atoms with Crippen molar-refractivity contribution in [3.63, 3.8) is 0 Å². The van der Waals surface area contributed by atoms with E-state index in [1.54, 1.807) is 4.90 Å². The van der Waals surface area contributed by atoms with Crippen molar-refractivity contribution in [1.29, 1.82) is 0 Å². The summed E-state index contributed by atoms with van der Waals surface area (Å²) in [6.45, 7) is 3.28. The van der Waals surface area contributed by atoms with E-state index in [9.17, 15) is 14.0 Å². The number of likely N-dealkylation sites (tertiary alicyclic amines) is 1. The van der Waals surface area contributed by atoms with Crippen LogP contribution in [-0.4, -0.2) is 29.9 Å². The maximum Gasteiger partial charge on any atom is 0.321 e. The molecule has 1 heterocycles. The van der Waals surface area contributed by atoms with Crippen LogP contribution in [0.5, 0.6) is 0 Å². The van der Waals surface area contributed by atoms with Crippen molar-refractivity contribution >= 4 is 17.6 Å². The normalized spacial score (nSPS) is 19.8. The molecule has 1 fully saturated rings. The van der Waals surface area contributed by atoms with Gasteiger partial charge >= 0.3 is 6.03 Å². The molecule has 3 N–H and O–H groups in total. The number of amides is 3. The SMILES string of the molecule is CC1(c2ccccc2)CCCN(C(=O)Nc2cc(C(N)=O)ccc2F)C1. The molecule has 0 radical (unpaired) electrons. The highest BCUT2D eigenvalue weighted by Crippen LogP contribution is 2.33. The highest BCUT2D eigenvalue weighted by Gasteiger charge is 2.34. The fraction of sp³-hybridized carbons (Fsp3) is 0.300. The van der Waals surface area contributed by atoms with Gasteiger partial charge < -0.3 is 16.0 Å². The number of nitrogens with one attached hydrogen (secondary N) is 1. The van der Waals surface area contributed by atoms with Crippen LogP contribution in [0.4, 0.5) is 14.9 Å². The third kappa shape index (κ3) is 3.69. The predicted octanol–water partition coefficient (Wildman–Crippen LogP) is 3.51. The number of primary amides is 1. The first kappa shape index (κ1) is 17.9. The van der Waals surface area contributed by atoms with Crippen LogP contribution in [0.3, 0.4) is 0 Å². The number of piperidine rings is 1. The van der Waals surface area contributed by atoms with Gasteiger partial charge in [0.05, 0.1) is 5.69 Å². The molecule has 1 unspecified atom stereocenters. The lowest BCUT2D eigenvalue weighted by Crippen LogP contribution is -2.48. The van der Waals surface area contributed by atoms with Crippen LogP contribution in [0.25, 0.3) is 0 Å². The molecule has 26 heavy (non-hydrogen) atoms. The molecule has 1 aliphatic rings.